The molecule has 1 aromatic rings. The number of amides is 2. The van der Waals surface area contributed by atoms with Gasteiger partial charge in [-0.1, -0.05) is 26.0 Å². The molecular formula is C15H20N2O4. The second-order valence-corrected chi connectivity index (χ2v) is 5.33. The Morgan fingerprint density at radius 3 is 2.71 bits per heavy atom. The summed E-state index contributed by atoms with van der Waals surface area (Å²) in [5, 5.41) is 11.8. The molecule has 2 amide bonds. The number of carboxylic acid groups (broad SMARTS) is 1. The zero-order chi connectivity index (χ0) is 15.4. The number of hydrogen-bond donors (Lipinski definition) is 2. The van der Waals surface area contributed by atoms with Gasteiger partial charge in [0.25, 0.3) is 0 Å². The number of fused-ring (bicyclic) bond motifs is 1. The van der Waals surface area contributed by atoms with Gasteiger partial charge in [-0.05, 0) is 24.5 Å². The maximum atomic E-state index is 12.4. The molecule has 1 heterocycles. The highest BCUT2D eigenvalue weighted by Crippen LogP contribution is 2.30. The number of hydrogen-bond acceptors (Lipinski definition) is 3. The Balaban J connectivity index is 2.20. The van der Waals surface area contributed by atoms with Crippen LogP contribution in [0.4, 0.5) is 10.5 Å². The average molecular weight is 292 g/mol. The maximum Gasteiger partial charge on any atom is 0.326 e. The van der Waals surface area contributed by atoms with E-state index in [1.165, 1.54) is 0 Å². The van der Waals surface area contributed by atoms with E-state index in [1.807, 2.05) is 12.1 Å². The Morgan fingerprint density at radius 2 is 2.05 bits per heavy atom. The van der Waals surface area contributed by atoms with Gasteiger partial charge in [-0.3, -0.25) is 4.90 Å². The van der Waals surface area contributed by atoms with Crippen LogP contribution in [0.3, 0.4) is 0 Å². The van der Waals surface area contributed by atoms with Crippen LogP contribution in [0.25, 0.3) is 0 Å². The van der Waals surface area contributed by atoms with Crippen LogP contribution in [0, 0.1) is 5.92 Å². The van der Waals surface area contributed by atoms with Crippen molar-refractivity contribution in [2.45, 2.75) is 26.3 Å². The molecule has 0 aromatic heterocycles. The highest BCUT2D eigenvalue weighted by atomic mass is 16.5. The molecule has 0 saturated carbocycles. The molecule has 2 rings (SSSR count). The van der Waals surface area contributed by atoms with E-state index in [0.717, 1.165) is 0 Å². The standard InChI is InChI=1S/C15H20N2O4/c1-10(2)13(14(18)19)16-15(20)17-8-5-9-21-12-7-4-3-6-11(12)17/h3-4,6-7,10,13H,5,8-9H2,1-2H3,(H,16,20)(H,18,19)/t13-/m0/s1. The summed E-state index contributed by atoms with van der Waals surface area (Å²) in [4.78, 5) is 25.2. The fourth-order valence-corrected chi connectivity index (χ4v) is 2.26. The molecule has 1 aliphatic heterocycles. The lowest BCUT2D eigenvalue weighted by atomic mass is 10.1. The van der Waals surface area contributed by atoms with Gasteiger partial charge >= 0.3 is 12.0 Å². The van der Waals surface area contributed by atoms with Gasteiger partial charge in [-0.2, -0.15) is 0 Å². The van der Waals surface area contributed by atoms with Crippen LogP contribution in [-0.4, -0.2) is 36.3 Å². The summed E-state index contributed by atoms with van der Waals surface area (Å²) in [7, 11) is 0. The molecule has 6 heteroatoms. The third kappa shape index (κ3) is 3.45. The maximum absolute atomic E-state index is 12.4. The van der Waals surface area contributed by atoms with Crippen molar-refractivity contribution >= 4 is 17.7 Å². The SMILES string of the molecule is CC(C)[C@H](NC(=O)N1CCCOc2ccccc21)C(=O)O. The number of nitrogens with one attached hydrogen (secondary N) is 1. The Bertz CT molecular complexity index is 530. The monoisotopic (exact) mass is 292 g/mol. The molecule has 114 valence electrons. The Hall–Kier alpha value is -2.24. The third-order valence-electron chi connectivity index (χ3n) is 3.40. The number of benzene rings is 1. The number of urea groups is 1. The Kier molecular flexibility index (Phi) is 4.67. The Morgan fingerprint density at radius 1 is 1.33 bits per heavy atom. The molecule has 6 nitrogen and oxygen atoms in total. The van der Waals surface area contributed by atoms with E-state index in [2.05, 4.69) is 5.32 Å². The lowest BCUT2D eigenvalue weighted by Gasteiger charge is -2.25. The number of anilines is 1. The lowest BCUT2D eigenvalue weighted by molar-refractivity contribution is -0.140. The largest absolute Gasteiger partial charge is 0.491 e. The van der Waals surface area contributed by atoms with Gasteiger partial charge in [-0.25, -0.2) is 9.59 Å². The summed E-state index contributed by atoms with van der Waals surface area (Å²) in [6.07, 6.45) is 0.696. The molecule has 1 aromatic carbocycles. The van der Waals surface area contributed by atoms with Crippen molar-refractivity contribution in [1.29, 1.82) is 0 Å². The second kappa shape index (κ2) is 6.47. The number of carbonyl (C=O) groups excluding carboxylic acids is 1. The minimum Gasteiger partial charge on any atom is -0.491 e. The summed E-state index contributed by atoms with van der Waals surface area (Å²) < 4.78 is 5.59. The Labute approximate surface area is 123 Å². The van der Waals surface area contributed by atoms with Gasteiger partial charge < -0.3 is 15.2 Å². The molecule has 21 heavy (non-hydrogen) atoms. The zero-order valence-corrected chi connectivity index (χ0v) is 12.2. The van der Waals surface area contributed by atoms with E-state index in [-0.39, 0.29) is 5.92 Å². The highest BCUT2D eigenvalue weighted by Gasteiger charge is 2.28. The normalized spacial score (nSPS) is 15.7. The molecule has 0 radical (unpaired) electrons. The van der Waals surface area contributed by atoms with E-state index in [0.29, 0.717) is 31.0 Å². The predicted molar refractivity (Wildman–Crippen MR) is 78.7 cm³/mol. The van der Waals surface area contributed by atoms with Gasteiger partial charge in [0.1, 0.15) is 11.8 Å². The van der Waals surface area contributed by atoms with E-state index >= 15 is 0 Å². The fourth-order valence-electron chi connectivity index (χ4n) is 2.26. The quantitative estimate of drug-likeness (QED) is 0.894. The smallest absolute Gasteiger partial charge is 0.326 e. The van der Waals surface area contributed by atoms with Crippen LogP contribution in [0.2, 0.25) is 0 Å². The molecule has 1 atom stereocenters. The van der Waals surface area contributed by atoms with E-state index in [1.54, 1.807) is 30.9 Å². The van der Waals surface area contributed by atoms with Crippen molar-refractivity contribution in [1.82, 2.24) is 5.32 Å². The summed E-state index contributed by atoms with van der Waals surface area (Å²) in [5.41, 5.74) is 0.667. The highest BCUT2D eigenvalue weighted by molar-refractivity contribution is 5.95. The van der Waals surface area contributed by atoms with Crippen molar-refractivity contribution in [2.24, 2.45) is 5.92 Å². The van der Waals surface area contributed by atoms with Crippen molar-refractivity contribution < 1.29 is 19.4 Å². The first-order chi connectivity index (χ1) is 10.0. The lowest BCUT2D eigenvalue weighted by Crippen LogP contribution is -2.50. The molecule has 0 unspecified atom stereocenters. The van der Waals surface area contributed by atoms with Crippen molar-refractivity contribution in [3.8, 4) is 5.75 Å². The number of carboxylic acids is 1. The minimum atomic E-state index is -1.03. The molecule has 0 aliphatic carbocycles. The third-order valence-corrected chi connectivity index (χ3v) is 3.40. The van der Waals surface area contributed by atoms with Crippen LogP contribution in [-0.2, 0) is 4.79 Å². The van der Waals surface area contributed by atoms with Gasteiger partial charge in [0.15, 0.2) is 0 Å². The van der Waals surface area contributed by atoms with Crippen molar-refractivity contribution in [2.75, 3.05) is 18.1 Å². The molecule has 0 spiro atoms. The van der Waals surface area contributed by atoms with E-state index in [4.69, 9.17) is 4.74 Å². The van der Waals surface area contributed by atoms with Crippen LogP contribution in [0.5, 0.6) is 5.75 Å². The van der Waals surface area contributed by atoms with Crippen LogP contribution in [0.15, 0.2) is 24.3 Å². The fraction of sp³-hybridized carbons (Fsp3) is 0.467. The number of nitrogens with zero attached hydrogens (tertiary/aromatic N) is 1. The van der Waals surface area contributed by atoms with E-state index < -0.39 is 18.0 Å². The first kappa shape index (κ1) is 15.2. The number of aliphatic carboxylic acids is 1. The number of ether oxygens (including phenoxy) is 1. The second-order valence-electron chi connectivity index (χ2n) is 5.33. The first-order valence-electron chi connectivity index (χ1n) is 7.03. The summed E-state index contributed by atoms with van der Waals surface area (Å²) in [6.45, 7) is 4.55. The summed E-state index contributed by atoms with van der Waals surface area (Å²) in [5.74, 6) is -0.579. The molecule has 0 bridgehead atoms. The van der Waals surface area contributed by atoms with Gasteiger partial charge in [0, 0.05) is 6.54 Å². The van der Waals surface area contributed by atoms with E-state index in [9.17, 15) is 14.7 Å². The molecular weight excluding hydrogens is 272 g/mol. The van der Waals surface area contributed by atoms with Crippen LogP contribution < -0.4 is 15.0 Å². The van der Waals surface area contributed by atoms with Gasteiger partial charge in [0.2, 0.25) is 0 Å². The number of carbonyl (C=O) groups is 2. The van der Waals surface area contributed by atoms with Gasteiger partial charge in [0.05, 0.1) is 12.3 Å². The summed E-state index contributed by atoms with van der Waals surface area (Å²) >= 11 is 0. The number of para-hydroxylation sites is 2. The first-order valence-corrected chi connectivity index (χ1v) is 7.03. The molecule has 1 aliphatic rings. The van der Waals surface area contributed by atoms with Gasteiger partial charge in [-0.15, -0.1) is 0 Å². The zero-order valence-electron chi connectivity index (χ0n) is 12.2. The topological polar surface area (TPSA) is 78.9 Å². The number of rotatable bonds is 3. The summed E-state index contributed by atoms with van der Waals surface area (Å²) in [6, 6.07) is 5.95. The van der Waals surface area contributed by atoms with Crippen LogP contribution >= 0.6 is 0 Å². The van der Waals surface area contributed by atoms with Crippen LogP contribution in [0.1, 0.15) is 20.3 Å². The van der Waals surface area contributed by atoms with Crippen molar-refractivity contribution in [3.05, 3.63) is 24.3 Å². The molecule has 0 saturated heterocycles. The predicted octanol–water partition coefficient (Wildman–Crippen LogP) is 2.09. The average Bonchev–Trinajstić information content (AvgIpc) is 2.66. The molecule has 0 fully saturated rings. The van der Waals surface area contributed by atoms with Crippen molar-refractivity contribution in [3.63, 3.8) is 0 Å². The molecule has 2 N–H and O–H groups in total. The minimum absolute atomic E-state index is 0.190.